The van der Waals surface area contributed by atoms with Gasteiger partial charge in [0.1, 0.15) is 11.8 Å². The van der Waals surface area contributed by atoms with Gasteiger partial charge >= 0.3 is 5.97 Å². The molecule has 0 aliphatic heterocycles. The first-order valence-corrected chi connectivity index (χ1v) is 6.12. The SMILES string of the molecule is CCCCOCCOc1cc(C(=O)O)cc(Cl)n1. The molecule has 1 rings (SSSR count). The largest absolute Gasteiger partial charge is 0.478 e. The van der Waals surface area contributed by atoms with Crippen LogP contribution in [-0.4, -0.2) is 35.9 Å². The summed E-state index contributed by atoms with van der Waals surface area (Å²) in [5.41, 5.74) is 0.0527. The third-order valence-corrected chi connectivity index (χ3v) is 2.33. The van der Waals surface area contributed by atoms with Crippen molar-refractivity contribution in [2.75, 3.05) is 19.8 Å². The fraction of sp³-hybridized carbons (Fsp3) is 0.500. The van der Waals surface area contributed by atoms with Crippen LogP contribution in [0.2, 0.25) is 5.15 Å². The molecule has 1 heterocycles. The normalized spacial score (nSPS) is 10.3. The van der Waals surface area contributed by atoms with E-state index in [1.165, 1.54) is 12.1 Å². The minimum absolute atomic E-state index is 0.0527. The number of aromatic nitrogens is 1. The van der Waals surface area contributed by atoms with E-state index in [0.29, 0.717) is 19.8 Å². The minimum atomic E-state index is -1.07. The number of hydrogen-bond acceptors (Lipinski definition) is 4. The fourth-order valence-corrected chi connectivity index (χ4v) is 1.42. The van der Waals surface area contributed by atoms with Crippen LogP contribution in [0.25, 0.3) is 0 Å². The van der Waals surface area contributed by atoms with Crippen LogP contribution >= 0.6 is 11.6 Å². The second-order valence-corrected chi connectivity index (χ2v) is 4.02. The smallest absolute Gasteiger partial charge is 0.335 e. The number of carboxylic acids is 1. The summed E-state index contributed by atoms with van der Waals surface area (Å²) in [6.45, 7) is 3.54. The molecule has 1 aromatic rings. The van der Waals surface area contributed by atoms with Gasteiger partial charge in [0, 0.05) is 12.7 Å². The summed E-state index contributed by atoms with van der Waals surface area (Å²) in [6.07, 6.45) is 2.09. The molecule has 0 atom stereocenters. The number of pyridine rings is 1. The summed E-state index contributed by atoms with van der Waals surface area (Å²) in [6, 6.07) is 2.61. The Labute approximate surface area is 111 Å². The molecule has 5 nitrogen and oxygen atoms in total. The zero-order valence-electron chi connectivity index (χ0n) is 10.2. The summed E-state index contributed by atoms with van der Waals surface area (Å²) in [5.74, 6) is -0.873. The van der Waals surface area contributed by atoms with Gasteiger partial charge in [0.15, 0.2) is 0 Å². The lowest BCUT2D eigenvalue weighted by Gasteiger charge is -2.07. The molecule has 0 amide bonds. The van der Waals surface area contributed by atoms with E-state index in [0.717, 1.165) is 12.8 Å². The molecule has 0 saturated heterocycles. The molecule has 0 aliphatic rings. The van der Waals surface area contributed by atoms with E-state index in [1.54, 1.807) is 0 Å². The number of carboxylic acid groups (broad SMARTS) is 1. The lowest BCUT2D eigenvalue weighted by atomic mass is 10.3. The number of halogens is 1. The zero-order valence-corrected chi connectivity index (χ0v) is 10.9. The number of hydrogen-bond donors (Lipinski definition) is 1. The first-order valence-electron chi connectivity index (χ1n) is 5.75. The van der Waals surface area contributed by atoms with E-state index in [9.17, 15) is 4.79 Å². The summed E-state index contributed by atoms with van der Waals surface area (Å²) < 4.78 is 10.6. The maximum absolute atomic E-state index is 10.8. The monoisotopic (exact) mass is 273 g/mol. The first-order chi connectivity index (χ1) is 8.63. The molecule has 0 unspecified atom stereocenters. The van der Waals surface area contributed by atoms with Gasteiger partial charge in [0.05, 0.1) is 12.2 Å². The highest BCUT2D eigenvalue weighted by Crippen LogP contribution is 2.16. The summed E-state index contributed by atoms with van der Waals surface area (Å²) >= 11 is 5.69. The van der Waals surface area contributed by atoms with Gasteiger partial charge in [0.25, 0.3) is 0 Å². The average Bonchev–Trinajstić information content (AvgIpc) is 2.33. The summed E-state index contributed by atoms with van der Waals surface area (Å²) in [7, 11) is 0. The number of aromatic carboxylic acids is 1. The molecule has 0 aliphatic carbocycles. The van der Waals surface area contributed by atoms with Gasteiger partial charge in [0.2, 0.25) is 5.88 Å². The number of carbonyl (C=O) groups is 1. The molecule has 0 spiro atoms. The van der Waals surface area contributed by atoms with E-state index in [1.807, 2.05) is 0 Å². The molecule has 0 bridgehead atoms. The maximum atomic E-state index is 10.8. The van der Waals surface area contributed by atoms with Crippen molar-refractivity contribution in [2.24, 2.45) is 0 Å². The van der Waals surface area contributed by atoms with E-state index >= 15 is 0 Å². The molecule has 0 aromatic carbocycles. The molecule has 0 fully saturated rings. The van der Waals surface area contributed by atoms with Gasteiger partial charge in [-0.1, -0.05) is 24.9 Å². The van der Waals surface area contributed by atoms with Crippen molar-refractivity contribution in [1.29, 1.82) is 0 Å². The minimum Gasteiger partial charge on any atom is -0.478 e. The van der Waals surface area contributed by atoms with Crippen LogP contribution < -0.4 is 4.74 Å². The standard InChI is InChI=1S/C12H16ClNO4/c1-2-3-4-17-5-6-18-11-8-9(12(15)16)7-10(13)14-11/h7-8H,2-6H2,1H3,(H,15,16). The third-order valence-electron chi connectivity index (χ3n) is 2.14. The molecular weight excluding hydrogens is 258 g/mol. The van der Waals surface area contributed by atoms with Crippen molar-refractivity contribution in [3.63, 3.8) is 0 Å². The fourth-order valence-electron chi connectivity index (χ4n) is 1.22. The van der Waals surface area contributed by atoms with Crippen molar-refractivity contribution < 1.29 is 19.4 Å². The molecule has 1 N–H and O–H groups in total. The van der Waals surface area contributed by atoms with Crippen molar-refractivity contribution in [3.8, 4) is 5.88 Å². The highest BCUT2D eigenvalue weighted by atomic mass is 35.5. The van der Waals surface area contributed by atoms with E-state index in [2.05, 4.69) is 11.9 Å². The van der Waals surface area contributed by atoms with Crippen molar-refractivity contribution in [1.82, 2.24) is 4.98 Å². The molecule has 1 aromatic heterocycles. The first kappa shape index (κ1) is 14.7. The predicted octanol–water partition coefficient (Wildman–Crippen LogP) is 2.63. The van der Waals surface area contributed by atoms with Crippen molar-refractivity contribution >= 4 is 17.6 Å². The maximum Gasteiger partial charge on any atom is 0.335 e. The Morgan fingerprint density at radius 1 is 1.39 bits per heavy atom. The van der Waals surface area contributed by atoms with E-state index in [-0.39, 0.29) is 16.6 Å². The van der Waals surface area contributed by atoms with Crippen LogP contribution in [0.15, 0.2) is 12.1 Å². The highest BCUT2D eigenvalue weighted by molar-refractivity contribution is 6.29. The highest BCUT2D eigenvalue weighted by Gasteiger charge is 2.08. The predicted molar refractivity (Wildman–Crippen MR) is 67.4 cm³/mol. The van der Waals surface area contributed by atoms with Gasteiger partial charge in [-0.3, -0.25) is 0 Å². The van der Waals surface area contributed by atoms with Gasteiger partial charge in [-0.15, -0.1) is 0 Å². The van der Waals surface area contributed by atoms with Gasteiger partial charge in [-0.2, -0.15) is 0 Å². The molecule has 100 valence electrons. The van der Waals surface area contributed by atoms with Crippen LogP contribution in [0, 0.1) is 0 Å². The topological polar surface area (TPSA) is 68.7 Å². The Bertz CT molecular complexity index is 398. The third kappa shape index (κ3) is 5.33. The van der Waals surface area contributed by atoms with E-state index in [4.69, 9.17) is 26.2 Å². The molecule has 0 radical (unpaired) electrons. The molecule has 18 heavy (non-hydrogen) atoms. The lowest BCUT2D eigenvalue weighted by molar-refractivity contribution is 0.0695. The molecular formula is C12H16ClNO4. The van der Waals surface area contributed by atoms with Crippen LogP contribution in [0.5, 0.6) is 5.88 Å². The second-order valence-electron chi connectivity index (χ2n) is 3.64. The van der Waals surface area contributed by atoms with Gasteiger partial charge in [-0.05, 0) is 12.5 Å². The zero-order chi connectivity index (χ0) is 13.4. The Hall–Kier alpha value is -1.33. The number of unbranched alkanes of at least 4 members (excludes halogenated alkanes) is 1. The molecule has 6 heteroatoms. The Balaban J connectivity index is 2.40. The van der Waals surface area contributed by atoms with Gasteiger partial charge in [-0.25, -0.2) is 9.78 Å². The number of nitrogens with zero attached hydrogens (tertiary/aromatic N) is 1. The van der Waals surface area contributed by atoms with Crippen LogP contribution in [0.1, 0.15) is 30.1 Å². The van der Waals surface area contributed by atoms with Crippen LogP contribution in [0.4, 0.5) is 0 Å². The lowest BCUT2D eigenvalue weighted by Crippen LogP contribution is -2.09. The Morgan fingerprint density at radius 2 is 2.17 bits per heavy atom. The molecule has 0 saturated carbocycles. The van der Waals surface area contributed by atoms with Crippen LogP contribution in [-0.2, 0) is 4.74 Å². The Kier molecular flexibility index (Phi) is 6.46. The van der Waals surface area contributed by atoms with E-state index < -0.39 is 5.97 Å². The number of ether oxygens (including phenoxy) is 2. The number of rotatable bonds is 8. The van der Waals surface area contributed by atoms with Crippen molar-refractivity contribution in [3.05, 3.63) is 22.8 Å². The van der Waals surface area contributed by atoms with Gasteiger partial charge < -0.3 is 14.6 Å². The van der Waals surface area contributed by atoms with Crippen molar-refractivity contribution in [2.45, 2.75) is 19.8 Å². The summed E-state index contributed by atoms with van der Waals surface area (Å²) in [5, 5.41) is 8.93. The van der Waals surface area contributed by atoms with Crippen LogP contribution in [0.3, 0.4) is 0 Å². The quantitative estimate of drug-likeness (QED) is 0.582. The Morgan fingerprint density at radius 3 is 2.83 bits per heavy atom. The summed E-state index contributed by atoms with van der Waals surface area (Å²) in [4.78, 5) is 14.7. The second kappa shape index (κ2) is 7.89. The average molecular weight is 274 g/mol.